The third-order valence-corrected chi connectivity index (χ3v) is 4.01. The highest BCUT2D eigenvalue weighted by Crippen LogP contribution is 2.33. The lowest BCUT2D eigenvalue weighted by Crippen LogP contribution is -2.10. The molecule has 0 aliphatic carbocycles. The molecule has 7 nitrogen and oxygen atoms in total. The van der Waals surface area contributed by atoms with E-state index in [2.05, 4.69) is 9.97 Å². The van der Waals surface area contributed by atoms with Crippen molar-refractivity contribution in [3.8, 4) is 22.9 Å². The third kappa shape index (κ3) is 3.25. The Balaban J connectivity index is 1.86. The van der Waals surface area contributed by atoms with Crippen molar-refractivity contribution < 1.29 is 9.66 Å². The Kier molecular flexibility index (Phi) is 4.10. The number of nitro groups is 1. The number of benzene rings is 3. The number of aromatic nitrogens is 2. The average molecular weight is 359 g/mol. The van der Waals surface area contributed by atoms with E-state index in [0.29, 0.717) is 22.4 Å². The highest BCUT2D eigenvalue weighted by molar-refractivity contribution is 5.81. The Morgan fingerprint density at radius 1 is 0.926 bits per heavy atom. The molecule has 7 heteroatoms. The molecule has 0 fully saturated rings. The predicted molar refractivity (Wildman–Crippen MR) is 101 cm³/mol. The molecule has 1 aromatic heterocycles. The number of nitro benzene ring substituents is 1. The summed E-state index contributed by atoms with van der Waals surface area (Å²) in [7, 11) is 0. The normalized spacial score (nSPS) is 10.7. The van der Waals surface area contributed by atoms with E-state index in [1.165, 1.54) is 18.2 Å². The molecule has 0 saturated carbocycles. The van der Waals surface area contributed by atoms with Gasteiger partial charge in [0.25, 0.3) is 11.2 Å². The van der Waals surface area contributed by atoms with Crippen molar-refractivity contribution >= 4 is 16.6 Å². The second-order valence-corrected chi connectivity index (χ2v) is 5.78. The third-order valence-electron chi connectivity index (χ3n) is 4.01. The van der Waals surface area contributed by atoms with Gasteiger partial charge in [-0.1, -0.05) is 30.3 Å². The van der Waals surface area contributed by atoms with Crippen LogP contribution in [0.4, 0.5) is 5.69 Å². The zero-order valence-electron chi connectivity index (χ0n) is 14.0. The van der Waals surface area contributed by atoms with Gasteiger partial charge in [0, 0.05) is 6.07 Å². The first-order chi connectivity index (χ1) is 13.1. The first-order valence-corrected chi connectivity index (χ1v) is 8.12. The van der Waals surface area contributed by atoms with Gasteiger partial charge >= 0.3 is 0 Å². The van der Waals surface area contributed by atoms with E-state index in [4.69, 9.17) is 4.74 Å². The Morgan fingerprint density at radius 3 is 2.44 bits per heavy atom. The monoisotopic (exact) mass is 359 g/mol. The number of nitrogens with one attached hydrogen (secondary N) is 1. The minimum Gasteiger partial charge on any atom is -0.457 e. The molecular formula is C20H13N3O4. The summed E-state index contributed by atoms with van der Waals surface area (Å²) < 4.78 is 5.75. The number of aromatic amines is 1. The SMILES string of the molecule is O=c1[nH]c(-c2cc(Oc3ccccc3)ccc2[N+](=O)[O-])nc2ccccc12. The number of hydrogen-bond donors (Lipinski definition) is 1. The van der Waals surface area contributed by atoms with Gasteiger partial charge in [0.1, 0.15) is 17.3 Å². The van der Waals surface area contributed by atoms with Crippen molar-refractivity contribution in [1.29, 1.82) is 0 Å². The summed E-state index contributed by atoms with van der Waals surface area (Å²) in [6, 6.07) is 20.2. The van der Waals surface area contributed by atoms with Crippen LogP contribution in [0.2, 0.25) is 0 Å². The Bertz CT molecular complexity index is 1200. The molecule has 0 radical (unpaired) electrons. The van der Waals surface area contributed by atoms with Crippen molar-refractivity contribution in [2.75, 3.05) is 0 Å². The van der Waals surface area contributed by atoms with Crippen LogP contribution in [0.1, 0.15) is 0 Å². The largest absolute Gasteiger partial charge is 0.457 e. The topological polar surface area (TPSA) is 98.1 Å². The fraction of sp³-hybridized carbons (Fsp3) is 0. The molecule has 0 aliphatic rings. The molecule has 0 amide bonds. The number of nitrogens with zero attached hydrogens (tertiary/aromatic N) is 2. The molecule has 0 atom stereocenters. The summed E-state index contributed by atoms with van der Waals surface area (Å²) in [4.78, 5) is 30.3. The standard InChI is InChI=1S/C20H13N3O4/c24-20-15-8-4-5-9-17(15)21-19(22-20)16-12-14(10-11-18(16)23(25)26)27-13-6-2-1-3-7-13/h1-12H,(H,21,22,24). The first-order valence-electron chi connectivity index (χ1n) is 8.12. The van der Waals surface area contributed by atoms with E-state index in [1.54, 1.807) is 36.4 Å². The van der Waals surface area contributed by atoms with Crippen LogP contribution in [0.15, 0.2) is 77.6 Å². The summed E-state index contributed by atoms with van der Waals surface area (Å²) in [6.45, 7) is 0. The van der Waals surface area contributed by atoms with Crippen LogP contribution in [0.3, 0.4) is 0 Å². The number of H-pyrrole nitrogens is 1. The molecule has 1 heterocycles. The van der Waals surface area contributed by atoms with Crippen LogP contribution in [0, 0.1) is 10.1 Å². The fourth-order valence-corrected chi connectivity index (χ4v) is 2.77. The van der Waals surface area contributed by atoms with Gasteiger partial charge in [-0.25, -0.2) is 4.98 Å². The Labute approximate surface area is 153 Å². The van der Waals surface area contributed by atoms with E-state index in [0.717, 1.165) is 0 Å². The highest BCUT2D eigenvalue weighted by Gasteiger charge is 2.19. The van der Waals surface area contributed by atoms with Gasteiger partial charge in [0.15, 0.2) is 0 Å². The summed E-state index contributed by atoms with van der Waals surface area (Å²) >= 11 is 0. The van der Waals surface area contributed by atoms with E-state index in [1.807, 2.05) is 18.2 Å². The zero-order valence-corrected chi connectivity index (χ0v) is 14.0. The Morgan fingerprint density at radius 2 is 1.67 bits per heavy atom. The van der Waals surface area contributed by atoms with Gasteiger partial charge < -0.3 is 9.72 Å². The lowest BCUT2D eigenvalue weighted by Gasteiger charge is -2.09. The highest BCUT2D eigenvalue weighted by atomic mass is 16.6. The van der Waals surface area contributed by atoms with E-state index in [-0.39, 0.29) is 22.6 Å². The van der Waals surface area contributed by atoms with Crippen LogP contribution < -0.4 is 10.3 Å². The molecule has 0 spiro atoms. The minimum absolute atomic E-state index is 0.115. The molecule has 3 aromatic carbocycles. The molecule has 27 heavy (non-hydrogen) atoms. The summed E-state index contributed by atoms with van der Waals surface area (Å²) in [5, 5.41) is 11.9. The lowest BCUT2D eigenvalue weighted by atomic mass is 10.1. The Hall–Kier alpha value is -4.00. The first kappa shape index (κ1) is 16.5. The average Bonchev–Trinajstić information content (AvgIpc) is 2.68. The molecule has 1 N–H and O–H groups in total. The maximum atomic E-state index is 12.3. The molecule has 0 saturated heterocycles. The van der Waals surface area contributed by atoms with Crippen LogP contribution in [-0.2, 0) is 0 Å². The number of hydrogen-bond acceptors (Lipinski definition) is 5. The van der Waals surface area contributed by atoms with Crippen LogP contribution >= 0.6 is 0 Å². The van der Waals surface area contributed by atoms with Crippen molar-refractivity contribution in [3.05, 3.63) is 93.3 Å². The van der Waals surface area contributed by atoms with Crippen LogP contribution in [0.25, 0.3) is 22.3 Å². The molecule has 0 bridgehead atoms. The van der Waals surface area contributed by atoms with Crippen LogP contribution in [-0.4, -0.2) is 14.9 Å². The molecule has 4 rings (SSSR count). The predicted octanol–water partition coefficient (Wildman–Crippen LogP) is 4.29. The minimum atomic E-state index is -0.517. The van der Waals surface area contributed by atoms with Gasteiger partial charge in [-0.3, -0.25) is 14.9 Å². The van der Waals surface area contributed by atoms with Crippen molar-refractivity contribution in [2.45, 2.75) is 0 Å². The smallest absolute Gasteiger partial charge is 0.280 e. The summed E-state index contributed by atoms with van der Waals surface area (Å²) in [6.07, 6.45) is 0. The maximum Gasteiger partial charge on any atom is 0.280 e. The quantitative estimate of drug-likeness (QED) is 0.433. The molecule has 0 aliphatic heterocycles. The maximum absolute atomic E-state index is 12.3. The van der Waals surface area contributed by atoms with E-state index >= 15 is 0 Å². The van der Waals surface area contributed by atoms with Crippen molar-refractivity contribution in [2.24, 2.45) is 0 Å². The summed E-state index contributed by atoms with van der Waals surface area (Å²) in [5.74, 6) is 1.11. The number of ether oxygens (including phenoxy) is 1. The second kappa shape index (κ2) is 6.72. The number of fused-ring (bicyclic) bond motifs is 1. The fourth-order valence-electron chi connectivity index (χ4n) is 2.77. The van der Waals surface area contributed by atoms with Gasteiger partial charge in [-0.2, -0.15) is 0 Å². The number of rotatable bonds is 4. The second-order valence-electron chi connectivity index (χ2n) is 5.78. The van der Waals surface area contributed by atoms with Gasteiger partial charge in [-0.05, 0) is 36.4 Å². The van der Waals surface area contributed by atoms with Crippen molar-refractivity contribution in [3.63, 3.8) is 0 Å². The van der Waals surface area contributed by atoms with Gasteiger partial charge in [0.05, 0.1) is 21.4 Å². The summed E-state index contributed by atoms with van der Waals surface area (Å²) in [5.41, 5.74) is 0.101. The molecular weight excluding hydrogens is 346 g/mol. The van der Waals surface area contributed by atoms with Gasteiger partial charge in [0.2, 0.25) is 0 Å². The van der Waals surface area contributed by atoms with Crippen molar-refractivity contribution in [1.82, 2.24) is 9.97 Å². The molecule has 4 aromatic rings. The lowest BCUT2D eigenvalue weighted by molar-refractivity contribution is -0.384. The van der Waals surface area contributed by atoms with E-state index < -0.39 is 4.92 Å². The molecule has 132 valence electrons. The van der Waals surface area contributed by atoms with Gasteiger partial charge in [-0.15, -0.1) is 0 Å². The van der Waals surface area contributed by atoms with Crippen LogP contribution in [0.5, 0.6) is 11.5 Å². The zero-order chi connectivity index (χ0) is 18.8. The molecule has 0 unspecified atom stereocenters. The van der Waals surface area contributed by atoms with E-state index in [9.17, 15) is 14.9 Å². The number of para-hydroxylation sites is 2.